The van der Waals surface area contributed by atoms with Crippen LogP contribution in [0.2, 0.25) is 0 Å². The number of ether oxygens (including phenoxy) is 4. The lowest BCUT2D eigenvalue weighted by atomic mass is 9.81. The van der Waals surface area contributed by atoms with Gasteiger partial charge in [-0.15, -0.1) is 0 Å². The molecule has 0 saturated heterocycles. The predicted molar refractivity (Wildman–Crippen MR) is 276 cm³/mol. The van der Waals surface area contributed by atoms with Crippen LogP contribution in [0, 0.1) is 0 Å². The van der Waals surface area contributed by atoms with E-state index in [0.29, 0.717) is 22.7 Å². The fourth-order valence-electron chi connectivity index (χ4n) is 9.87. The summed E-state index contributed by atoms with van der Waals surface area (Å²) in [6, 6.07) is 16.9. The third-order valence-electron chi connectivity index (χ3n) is 13.6. The molecule has 2 fully saturated rings. The van der Waals surface area contributed by atoms with Crippen LogP contribution < -0.4 is 28.0 Å². The van der Waals surface area contributed by atoms with Crippen molar-refractivity contribution in [3.63, 3.8) is 0 Å². The lowest BCUT2D eigenvalue weighted by molar-refractivity contribution is 0.408. The van der Waals surface area contributed by atoms with E-state index in [1.165, 1.54) is 64.2 Å². The third kappa shape index (κ3) is 11.0. The Balaban J connectivity index is 1.58. The van der Waals surface area contributed by atoms with Gasteiger partial charge in [0.1, 0.15) is 45.7 Å². The van der Waals surface area contributed by atoms with Crippen LogP contribution in [0.1, 0.15) is 169 Å². The minimum Gasteiger partial charge on any atom is -0.497 e. The highest BCUT2D eigenvalue weighted by molar-refractivity contribution is 7.54. The SMILES string of the molecule is CCCCc1cc(OC)cc2c1op(Oc1c(-c3cc(OC)cc(C(C)(C)C)c3OP(C3CCCCC3)C3CCCCC3)cc(OC)cc1C(C)(C)C)oc1c(C(C)(C)C)cc(OC)cc12. The molecule has 1 aromatic heterocycles. The van der Waals surface area contributed by atoms with Crippen LogP contribution in [-0.4, -0.2) is 39.8 Å². The molecule has 4 aromatic carbocycles. The van der Waals surface area contributed by atoms with E-state index >= 15 is 0 Å². The molecule has 1 heterocycles. The Morgan fingerprint density at radius 2 is 0.955 bits per heavy atom. The maximum atomic E-state index is 7.88. The first-order valence-corrected chi connectivity index (χ1v) is 27.1. The van der Waals surface area contributed by atoms with Crippen LogP contribution in [-0.2, 0) is 22.7 Å². The number of fused-ring (bicyclic) bond motifs is 3. The fourth-order valence-corrected chi connectivity index (χ4v) is 14.1. The van der Waals surface area contributed by atoms with Crippen molar-refractivity contribution in [2.75, 3.05) is 28.4 Å². The molecule has 0 spiro atoms. The van der Waals surface area contributed by atoms with Crippen LogP contribution in [0.5, 0.6) is 34.5 Å². The Morgan fingerprint density at radius 1 is 0.530 bits per heavy atom. The molecule has 360 valence electrons. The number of hydrogen-bond donors (Lipinski definition) is 0. The summed E-state index contributed by atoms with van der Waals surface area (Å²) in [6.07, 6.45) is 15.5. The quantitative estimate of drug-likeness (QED) is 0.102. The molecule has 2 aliphatic rings. The van der Waals surface area contributed by atoms with Gasteiger partial charge in [0.05, 0.1) is 36.6 Å². The highest BCUT2D eigenvalue weighted by Crippen LogP contribution is 2.60. The van der Waals surface area contributed by atoms with Gasteiger partial charge in [-0.2, -0.15) is 0 Å². The Kier molecular flexibility index (Phi) is 15.7. The molecule has 0 aliphatic heterocycles. The van der Waals surface area contributed by atoms with Crippen molar-refractivity contribution >= 4 is 38.3 Å². The summed E-state index contributed by atoms with van der Waals surface area (Å²) < 4.78 is 54.2. The maximum absolute atomic E-state index is 7.88. The van der Waals surface area contributed by atoms with Gasteiger partial charge in [-0.25, -0.2) is 0 Å². The van der Waals surface area contributed by atoms with Crippen molar-refractivity contribution < 1.29 is 36.4 Å². The molecular formula is C56H78O8P2. The molecule has 0 radical (unpaired) electrons. The topological polar surface area (TPSA) is 81.7 Å². The van der Waals surface area contributed by atoms with Crippen molar-refractivity contribution in [1.82, 2.24) is 0 Å². The average molecular weight is 941 g/mol. The smallest absolute Gasteiger partial charge is 0.453 e. The van der Waals surface area contributed by atoms with Gasteiger partial charge in [-0.05, 0) is 109 Å². The molecule has 2 saturated carbocycles. The number of rotatable bonds is 14. The monoisotopic (exact) mass is 941 g/mol. The van der Waals surface area contributed by atoms with E-state index in [2.05, 4.69) is 118 Å². The van der Waals surface area contributed by atoms with E-state index in [9.17, 15) is 0 Å². The fraction of sp³-hybridized carbons (Fsp3) is 0.571. The average Bonchev–Trinajstić information content (AvgIpc) is 3.45. The zero-order valence-electron chi connectivity index (χ0n) is 42.6. The summed E-state index contributed by atoms with van der Waals surface area (Å²) in [5.41, 5.74) is 7.52. The minimum atomic E-state index is -2.13. The Hall–Kier alpha value is -3.99. The molecule has 5 aromatic rings. The molecule has 8 nitrogen and oxygen atoms in total. The van der Waals surface area contributed by atoms with Crippen molar-refractivity contribution in [2.45, 2.75) is 180 Å². The summed E-state index contributed by atoms with van der Waals surface area (Å²) in [5, 5.41) is 1.76. The van der Waals surface area contributed by atoms with E-state index in [0.717, 1.165) is 97.7 Å². The number of benzene rings is 4. The first-order valence-electron chi connectivity index (χ1n) is 24.6. The van der Waals surface area contributed by atoms with Crippen LogP contribution in [0.25, 0.3) is 33.1 Å². The largest absolute Gasteiger partial charge is 0.497 e. The summed E-state index contributed by atoms with van der Waals surface area (Å²) in [6.45, 7) is 22.3. The van der Waals surface area contributed by atoms with Crippen LogP contribution >= 0.6 is 16.4 Å². The van der Waals surface area contributed by atoms with Gasteiger partial charge in [-0.3, -0.25) is 0 Å². The summed E-state index contributed by atoms with van der Waals surface area (Å²) in [5.74, 6) is 4.60. The molecule has 10 heteroatoms. The molecule has 0 amide bonds. The van der Waals surface area contributed by atoms with Gasteiger partial charge in [-0.1, -0.05) is 114 Å². The molecule has 0 N–H and O–H groups in total. The third-order valence-corrected chi connectivity index (χ3v) is 17.5. The van der Waals surface area contributed by atoms with Crippen molar-refractivity contribution in [3.05, 3.63) is 70.8 Å². The van der Waals surface area contributed by atoms with Crippen LogP contribution in [0.3, 0.4) is 0 Å². The molecule has 7 rings (SSSR count). The highest BCUT2D eigenvalue weighted by Gasteiger charge is 2.38. The normalized spacial score (nSPS) is 15.9. The second-order valence-corrected chi connectivity index (χ2v) is 25.1. The zero-order valence-corrected chi connectivity index (χ0v) is 44.4. The second-order valence-electron chi connectivity index (χ2n) is 21.7. The van der Waals surface area contributed by atoms with E-state index in [-0.39, 0.29) is 16.2 Å². The van der Waals surface area contributed by atoms with Crippen LogP contribution in [0.4, 0.5) is 0 Å². The van der Waals surface area contributed by atoms with E-state index in [1.54, 1.807) is 28.4 Å². The second kappa shape index (κ2) is 20.7. The molecule has 66 heavy (non-hydrogen) atoms. The molecule has 1 atom stereocenters. The maximum Gasteiger partial charge on any atom is 0.453 e. The molecular weight excluding hydrogens is 863 g/mol. The van der Waals surface area contributed by atoms with Crippen LogP contribution in [0.15, 0.2) is 56.9 Å². The standard InChI is InChI=1S/C56H78O8P2/c1-15-16-23-36-28-37(57-11)29-43-44-30-38(58-12)34-48(55(5,6)7)52(44)63-66(62-50(36)43)64-53-46(32-40(60-14)35-49(53)56(8,9)10)45-31-39(59-13)33-47(54(2,3)4)51(45)61-65(41-24-19-17-20-25-41)42-26-21-18-22-27-42/h28-35,41-42H,15-27H2,1-14H3. The molecule has 2 aliphatic carbocycles. The number of aryl methyl sites for hydroxylation is 1. The summed E-state index contributed by atoms with van der Waals surface area (Å²) in [7, 11) is 4.00. The van der Waals surface area contributed by atoms with Crippen molar-refractivity contribution in [3.8, 4) is 45.6 Å². The van der Waals surface area contributed by atoms with Gasteiger partial charge < -0.3 is 36.4 Å². The lowest BCUT2D eigenvalue weighted by Gasteiger charge is -2.39. The Labute approximate surface area is 398 Å². The van der Waals surface area contributed by atoms with E-state index in [1.807, 2.05) is 0 Å². The lowest BCUT2D eigenvalue weighted by Crippen LogP contribution is -2.24. The minimum absolute atomic E-state index is 0.267. The first kappa shape index (κ1) is 49.9. The molecule has 1 unspecified atom stereocenters. The van der Waals surface area contributed by atoms with Gasteiger partial charge in [0.2, 0.25) is 0 Å². The van der Waals surface area contributed by atoms with E-state index in [4.69, 9.17) is 36.4 Å². The Morgan fingerprint density at radius 3 is 1.44 bits per heavy atom. The van der Waals surface area contributed by atoms with Gasteiger partial charge >= 0.3 is 8.24 Å². The predicted octanol–water partition coefficient (Wildman–Crippen LogP) is 17.5. The number of methoxy groups -OCH3 is 4. The van der Waals surface area contributed by atoms with E-state index < -0.39 is 16.4 Å². The highest BCUT2D eigenvalue weighted by atomic mass is 31.1. The number of hydrogen-bond acceptors (Lipinski definition) is 8. The summed E-state index contributed by atoms with van der Waals surface area (Å²) in [4.78, 5) is 0. The Bertz CT molecular complexity index is 2490. The van der Waals surface area contributed by atoms with Crippen molar-refractivity contribution in [1.29, 1.82) is 0 Å². The van der Waals surface area contributed by atoms with Gasteiger partial charge in [0.25, 0.3) is 0 Å². The van der Waals surface area contributed by atoms with Crippen molar-refractivity contribution in [2.24, 2.45) is 0 Å². The summed E-state index contributed by atoms with van der Waals surface area (Å²) >= 11 is 0. The zero-order chi connectivity index (χ0) is 47.6. The first-order chi connectivity index (χ1) is 31.4. The molecule has 0 bridgehead atoms. The van der Waals surface area contributed by atoms with Gasteiger partial charge in [0, 0.05) is 49.9 Å². The van der Waals surface area contributed by atoms with Gasteiger partial charge in [0.15, 0.2) is 0 Å². The number of unbranched alkanes of at least 4 members (excludes halogenated alkanes) is 1.